The van der Waals surface area contributed by atoms with Gasteiger partial charge in [0.05, 0.1) is 13.2 Å². The lowest BCUT2D eigenvalue weighted by molar-refractivity contribution is 0.307. The van der Waals surface area contributed by atoms with Crippen LogP contribution in [0.3, 0.4) is 0 Å². The fourth-order valence-electron chi connectivity index (χ4n) is 4.32. The highest BCUT2D eigenvalue weighted by atomic mass is 32.2. The van der Waals surface area contributed by atoms with Gasteiger partial charge in [0.25, 0.3) is 0 Å². The minimum Gasteiger partial charge on any atom is -0.492 e. The molecule has 0 radical (unpaired) electrons. The number of hydrogen-bond donors (Lipinski definition) is 0. The molecule has 3 aromatic rings. The number of benzene rings is 3. The van der Waals surface area contributed by atoms with Gasteiger partial charge in [-0.1, -0.05) is 88.1 Å². The zero-order valence-corrected chi connectivity index (χ0v) is 22.8. The topological polar surface area (TPSA) is 18.5 Å². The van der Waals surface area contributed by atoms with Crippen LogP contribution >= 0.6 is 23.5 Å². The lowest BCUT2D eigenvalue weighted by Crippen LogP contribution is -2.02. The molecule has 0 aromatic heterocycles. The summed E-state index contributed by atoms with van der Waals surface area (Å²) in [6, 6.07) is 17.1. The molecule has 0 bridgehead atoms. The molecule has 186 valence electrons. The van der Waals surface area contributed by atoms with E-state index in [0.717, 1.165) is 59.1 Å². The van der Waals surface area contributed by atoms with Crippen molar-refractivity contribution in [3.8, 4) is 11.5 Å². The molecule has 0 atom stereocenters. The van der Waals surface area contributed by atoms with Crippen molar-refractivity contribution in [2.45, 2.75) is 65.2 Å². The molecule has 3 rings (SSSR count). The first kappa shape index (κ1) is 27.1. The summed E-state index contributed by atoms with van der Waals surface area (Å²) >= 11 is 4.08. The van der Waals surface area contributed by atoms with Gasteiger partial charge in [0, 0.05) is 21.5 Å². The second-order valence-electron chi connectivity index (χ2n) is 8.67. The van der Waals surface area contributed by atoms with Crippen LogP contribution in [0, 0.1) is 0 Å². The molecule has 0 spiro atoms. The smallest absolute Gasteiger partial charge is 0.135 e. The predicted octanol–water partition coefficient (Wildman–Crippen LogP) is 9.38. The van der Waals surface area contributed by atoms with Crippen molar-refractivity contribution in [2.24, 2.45) is 0 Å². The summed E-state index contributed by atoms with van der Waals surface area (Å²) in [4.78, 5) is 0. The van der Waals surface area contributed by atoms with Gasteiger partial charge >= 0.3 is 0 Å². The van der Waals surface area contributed by atoms with E-state index in [2.05, 4.69) is 62.4 Å². The average molecular weight is 499 g/mol. The summed E-state index contributed by atoms with van der Waals surface area (Å²) in [6.07, 6.45) is 9.90. The summed E-state index contributed by atoms with van der Waals surface area (Å²) in [6.45, 7) is 6.01. The third-order valence-electron chi connectivity index (χ3n) is 6.10. The molecule has 0 amide bonds. The number of hydrogen-bond acceptors (Lipinski definition) is 4. The maximum atomic E-state index is 6.44. The summed E-state index contributed by atoms with van der Waals surface area (Å²) in [5, 5.41) is 4.64. The van der Waals surface area contributed by atoms with Gasteiger partial charge in [-0.3, -0.25) is 0 Å². The predicted molar refractivity (Wildman–Crippen MR) is 155 cm³/mol. The standard InChI is InChI=1S/C30H42O2S2/c1-3-33-23-15-7-5-13-21-31-29-25-17-9-11-19-27(25)30(28-20-12-10-18-26(28)29)32-22-14-6-8-16-24-34-4-2/h9-12,17-20H,3-8,13-16,21-24H2,1-2H3. The van der Waals surface area contributed by atoms with Crippen molar-refractivity contribution in [3.63, 3.8) is 0 Å². The molecule has 0 heterocycles. The van der Waals surface area contributed by atoms with Crippen LogP contribution < -0.4 is 9.47 Å². The number of rotatable bonds is 18. The molecular weight excluding hydrogens is 456 g/mol. The van der Waals surface area contributed by atoms with Crippen molar-refractivity contribution in [1.82, 2.24) is 0 Å². The first-order valence-corrected chi connectivity index (χ1v) is 15.5. The van der Waals surface area contributed by atoms with Gasteiger partial charge in [-0.25, -0.2) is 0 Å². The maximum Gasteiger partial charge on any atom is 0.135 e. The van der Waals surface area contributed by atoms with Gasteiger partial charge in [-0.2, -0.15) is 23.5 Å². The van der Waals surface area contributed by atoms with E-state index >= 15 is 0 Å². The van der Waals surface area contributed by atoms with Crippen molar-refractivity contribution < 1.29 is 9.47 Å². The minimum absolute atomic E-state index is 0.769. The van der Waals surface area contributed by atoms with E-state index in [0.29, 0.717) is 0 Å². The number of thioether (sulfide) groups is 2. The molecule has 2 nitrogen and oxygen atoms in total. The Morgan fingerprint density at radius 2 is 0.853 bits per heavy atom. The Morgan fingerprint density at radius 1 is 0.500 bits per heavy atom. The van der Waals surface area contributed by atoms with E-state index in [1.807, 2.05) is 23.5 Å². The van der Waals surface area contributed by atoms with Crippen LogP contribution in [-0.2, 0) is 0 Å². The van der Waals surface area contributed by atoms with E-state index < -0.39 is 0 Å². The Morgan fingerprint density at radius 3 is 1.21 bits per heavy atom. The third kappa shape index (κ3) is 8.30. The number of unbranched alkanes of at least 4 members (excludes halogenated alkanes) is 6. The Hall–Kier alpha value is -1.52. The van der Waals surface area contributed by atoms with Gasteiger partial charge in [0.15, 0.2) is 0 Å². The van der Waals surface area contributed by atoms with E-state index in [4.69, 9.17) is 9.47 Å². The zero-order chi connectivity index (χ0) is 23.8. The van der Waals surface area contributed by atoms with Crippen molar-refractivity contribution >= 4 is 45.1 Å². The lowest BCUT2D eigenvalue weighted by Gasteiger charge is -2.18. The van der Waals surface area contributed by atoms with Crippen molar-refractivity contribution in [2.75, 3.05) is 36.2 Å². The average Bonchev–Trinajstić information content (AvgIpc) is 2.87. The minimum atomic E-state index is 0.769. The quantitative estimate of drug-likeness (QED) is 0.128. The highest BCUT2D eigenvalue weighted by molar-refractivity contribution is 7.99. The molecule has 3 aromatic carbocycles. The largest absolute Gasteiger partial charge is 0.492 e. The summed E-state index contributed by atoms with van der Waals surface area (Å²) < 4.78 is 12.9. The van der Waals surface area contributed by atoms with Gasteiger partial charge in [0.2, 0.25) is 0 Å². The third-order valence-corrected chi connectivity index (χ3v) is 8.07. The molecular formula is C30H42O2S2. The van der Waals surface area contributed by atoms with E-state index in [9.17, 15) is 0 Å². The van der Waals surface area contributed by atoms with Crippen LogP contribution in [0.15, 0.2) is 48.5 Å². The molecule has 34 heavy (non-hydrogen) atoms. The van der Waals surface area contributed by atoms with Crippen LogP contribution in [0.2, 0.25) is 0 Å². The fourth-order valence-corrected chi connectivity index (χ4v) is 5.71. The highest BCUT2D eigenvalue weighted by Gasteiger charge is 2.15. The van der Waals surface area contributed by atoms with E-state index in [-0.39, 0.29) is 0 Å². The Balaban J connectivity index is 1.65. The monoisotopic (exact) mass is 498 g/mol. The van der Waals surface area contributed by atoms with Crippen LogP contribution in [-0.4, -0.2) is 36.2 Å². The zero-order valence-electron chi connectivity index (χ0n) is 21.2. The molecule has 0 aliphatic rings. The Labute approximate surface area is 215 Å². The van der Waals surface area contributed by atoms with E-state index in [1.54, 1.807) is 0 Å². The molecule has 0 saturated carbocycles. The highest BCUT2D eigenvalue weighted by Crippen LogP contribution is 2.42. The van der Waals surface area contributed by atoms with Crippen molar-refractivity contribution in [3.05, 3.63) is 48.5 Å². The first-order valence-electron chi connectivity index (χ1n) is 13.2. The molecule has 4 heteroatoms. The van der Waals surface area contributed by atoms with Gasteiger partial charge in [-0.15, -0.1) is 0 Å². The molecule has 0 saturated heterocycles. The normalized spacial score (nSPS) is 11.4. The van der Waals surface area contributed by atoms with Gasteiger partial charge in [0.1, 0.15) is 11.5 Å². The van der Waals surface area contributed by atoms with Crippen LogP contribution in [0.25, 0.3) is 21.5 Å². The maximum absolute atomic E-state index is 6.44. The SMILES string of the molecule is CCSCCCCCCOc1c2ccccc2c(OCCCCCCSCC)c2ccccc12. The van der Waals surface area contributed by atoms with Gasteiger partial charge < -0.3 is 9.47 Å². The second-order valence-corrected chi connectivity index (χ2v) is 11.5. The van der Waals surface area contributed by atoms with Crippen molar-refractivity contribution in [1.29, 1.82) is 0 Å². The molecule has 0 unspecified atom stereocenters. The first-order chi connectivity index (χ1) is 16.9. The van der Waals surface area contributed by atoms with Gasteiger partial charge in [-0.05, 0) is 48.7 Å². The lowest BCUT2D eigenvalue weighted by atomic mass is 10.0. The molecule has 0 fully saturated rings. The summed E-state index contributed by atoms with van der Waals surface area (Å²) in [5.74, 6) is 7.03. The Kier molecular flexibility index (Phi) is 12.9. The molecule has 0 aliphatic carbocycles. The molecule has 0 N–H and O–H groups in total. The Bertz CT molecular complexity index is 838. The summed E-state index contributed by atoms with van der Waals surface area (Å²) in [5.41, 5.74) is 0. The van der Waals surface area contributed by atoms with Crippen LogP contribution in [0.1, 0.15) is 65.2 Å². The fraction of sp³-hybridized carbons (Fsp3) is 0.533. The van der Waals surface area contributed by atoms with Crippen LogP contribution in [0.5, 0.6) is 11.5 Å². The second kappa shape index (κ2) is 16.2. The number of fused-ring (bicyclic) bond motifs is 2. The summed E-state index contributed by atoms with van der Waals surface area (Å²) in [7, 11) is 0. The van der Waals surface area contributed by atoms with Crippen LogP contribution in [0.4, 0.5) is 0 Å². The van der Waals surface area contributed by atoms with E-state index in [1.165, 1.54) is 61.5 Å². The number of ether oxygens (including phenoxy) is 2. The molecule has 0 aliphatic heterocycles.